The number of hydrogen-bond acceptors (Lipinski definition) is 2. The molecule has 3 rings (SSSR count). The van der Waals surface area contributed by atoms with Crippen molar-refractivity contribution in [2.75, 3.05) is 0 Å². The number of aryl methyl sites for hydroxylation is 3. The van der Waals surface area contributed by atoms with E-state index in [0.717, 1.165) is 15.9 Å². The lowest BCUT2D eigenvalue weighted by Gasteiger charge is -2.01. The first-order valence-electron chi connectivity index (χ1n) is 7.33. The van der Waals surface area contributed by atoms with Gasteiger partial charge < -0.3 is 4.57 Å². The zero-order chi connectivity index (χ0) is 16.6. The van der Waals surface area contributed by atoms with Crippen molar-refractivity contribution in [3.63, 3.8) is 0 Å². The second-order valence-electron chi connectivity index (χ2n) is 5.63. The summed E-state index contributed by atoms with van der Waals surface area (Å²) in [6.45, 7) is 4.16. The predicted molar refractivity (Wildman–Crippen MR) is 96.0 cm³/mol. The van der Waals surface area contributed by atoms with Crippen LogP contribution in [-0.2, 0) is 18.3 Å². The summed E-state index contributed by atoms with van der Waals surface area (Å²) >= 11 is 7.42. The zero-order valence-electron chi connectivity index (χ0n) is 13.3. The molecule has 23 heavy (non-hydrogen) atoms. The maximum atomic E-state index is 12.3. The molecular weight excluding hydrogens is 328 g/mol. The molecule has 0 saturated carbocycles. The van der Waals surface area contributed by atoms with Crippen LogP contribution in [0.4, 0.5) is 0 Å². The molecule has 0 aliphatic rings. The molecule has 3 nitrogen and oxygen atoms in total. The van der Waals surface area contributed by atoms with Gasteiger partial charge in [-0.3, -0.25) is 4.79 Å². The largest absolute Gasteiger partial charge is 0.319 e. The number of hydrogen-bond donors (Lipinski definition) is 0. The van der Waals surface area contributed by atoms with E-state index in [-0.39, 0.29) is 12.3 Å². The third kappa shape index (κ3) is 3.23. The van der Waals surface area contributed by atoms with Crippen LogP contribution >= 0.6 is 22.9 Å². The number of carbonyl (C=O) groups is 1. The quantitative estimate of drug-likeness (QED) is 0.686. The maximum absolute atomic E-state index is 12.3. The van der Waals surface area contributed by atoms with Gasteiger partial charge in [0.15, 0.2) is 4.80 Å². The topological polar surface area (TPSA) is 34.4 Å². The van der Waals surface area contributed by atoms with Crippen molar-refractivity contribution in [3.8, 4) is 0 Å². The average Bonchev–Trinajstić information content (AvgIpc) is 2.84. The second-order valence-corrected chi connectivity index (χ2v) is 7.04. The Labute approximate surface area is 143 Å². The van der Waals surface area contributed by atoms with Gasteiger partial charge in [0.05, 0.1) is 16.6 Å². The number of thiazole rings is 1. The van der Waals surface area contributed by atoms with Gasteiger partial charge in [-0.1, -0.05) is 47.2 Å². The fourth-order valence-corrected chi connectivity index (χ4v) is 3.90. The molecule has 1 aromatic heterocycles. The molecule has 0 saturated heterocycles. The molecule has 5 heteroatoms. The molecule has 0 fully saturated rings. The number of fused-ring (bicyclic) bond motifs is 1. The average molecular weight is 345 g/mol. The first-order chi connectivity index (χ1) is 11.0. The Kier molecular flexibility index (Phi) is 4.37. The van der Waals surface area contributed by atoms with Crippen LogP contribution in [0.5, 0.6) is 0 Å². The van der Waals surface area contributed by atoms with E-state index in [9.17, 15) is 4.79 Å². The van der Waals surface area contributed by atoms with E-state index in [1.165, 1.54) is 15.8 Å². The van der Waals surface area contributed by atoms with E-state index in [0.29, 0.717) is 5.02 Å². The van der Waals surface area contributed by atoms with Crippen LogP contribution in [-0.4, -0.2) is 10.5 Å². The van der Waals surface area contributed by atoms with Crippen molar-refractivity contribution < 1.29 is 4.79 Å². The summed E-state index contributed by atoms with van der Waals surface area (Å²) in [6.07, 6.45) is 0.281. The molecule has 0 spiro atoms. The van der Waals surface area contributed by atoms with Gasteiger partial charge in [0, 0.05) is 12.1 Å². The Balaban J connectivity index is 1.99. The monoisotopic (exact) mass is 344 g/mol. The van der Waals surface area contributed by atoms with Gasteiger partial charge in [-0.25, -0.2) is 0 Å². The van der Waals surface area contributed by atoms with Gasteiger partial charge in [0.25, 0.3) is 5.91 Å². The first-order valence-corrected chi connectivity index (χ1v) is 8.53. The highest BCUT2D eigenvalue weighted by atomic mass is 35.5. The van der Waals surface area contributed by atoms with Gasteiger partial charge in [-0.15, -0.1) is 0 Å². The molecule has 0 aliphatic heterocycles. The van der Waals surface area contributed by atoms with Crippen LogP contribution in [0.25, 0.3) is 10.2 Å². The molecule has 118 valence electrons. The summed E-state index contributed by atoms with van der Waals surface area (Å²) in [6, 6.07) is 11.5. The number of halogens is 1. The Morgan fingerprint density at radius 2 is 1.78 bits per heavy atom. The fourth-order valence-electron chi connectivity index (χ4n) is 2.59. The normalized spacial score (nSPS) is 12.1. The predicted octanol–water partition coefficient (Wildman–Crippen LogP) is 4.18. The second kappa shape index (κ2) is 6.30. The lowest BCUT2D eigenvalue weighted by molar-refractivity contribution is -0.117. The van der Waals surface area contributed by atoms with Gasteiger partial charge in [0.1, 0.15) is 0 Å². The fraction of sp³-hybridized carbons (Fsp3) is 0.222. The van der Waals surface area contributed by atoms with Crippen molar-refractivity contribution >= 4 is 39.1 Å². The molecule has 0 aliphatic carbocycles. The molecular formula is C18H17ClN2OS. The summed E-state index contributed by atoms with van der Waals surface area (Å²) in [5.74, 6) is -0.148. The van der Waals surface area contributed by atoms with E-state index in [1.807, 2.05) is 23.7 Å². The lowest BCUT2D eigenvalue weighted by Crippen LogP contribution is -2.14. The minimum atomic E-state index is -0.148. The van der Waals surface area contributed by atoms with Gasteiger partial charge in [-0.05, 0) is 42.7 Å². The van der Waals surface area contributed by atoms with Gasteiger partial charge in [-0.2, -0.15) is 4.99 Å². The van der Waals surface area contributed by atoms with Crippen LogP contribution in [0.1, 0.15) is 16.7 Å². The van der Waals surface area contributed by atoms with E-state index < -0.39 is 0 Å². The summed E-state index contributed by atoms with van der Waals surface area (Å²) in [5.41, 5.74) is 4.46. The number of rotatable bonds is 2. The van der Waals surface area contributed by atoms with Crippen LogP contribution < -0.4 is 4.80 Å². The molecule has 2 aromatic carbocycles. The van der Waals surface area contributed by atoms with E-state index in [4.69, 9.17) is 11.6 Å². The number of nitrogens with zero attached hydrogens (tertiary/aromatic N) is 2. The van der Waals surface area contributed by atoms with Crippen LogP contribution in [0.15, 0.2) is 41.4 Å². The molecule has 1 amide bonds. The van der Waals surface area contributed by atoms with Crippen LogP contribution in [0.3, 0.4) is 0 Å². The van der Waals surface area contributed by atoms with Crippen molar-refractivity contribution in [3.05, 3.63) is 62.9 Å². The number of benzene rings is 2. The molecule has 0 bridgehead atoms. The van der Waals surface area contributed by atoms with E-state index in [1.54, 1.807) is 23.5 Å². The van der Waals surface area contributed by atoms with Gasteiger partial charge in [0.2, 0.25) is 0 Å². The van der Waals surface area contributed by atoms with E-state index >= 15 is 0 Å². The van der Waals surface area contributed by atoms with Gasteiger partial charge >= 0.3 is 0 Å². The van der Waals surface area contributed by atoms with E-state index in [2.05, 4.69) is 31.0 Å². The smallest absolute Gasteiger partial charge is 0.252 e. The molecule has 0 atom stereocenters. The summed E-state index contributed by atoms with van der Waals surface area (Å²) in [7, 11) is 1.96. The third-order valence-electron chi connectivity index (χ3n) is 3.83. The lowest BCUT2D eigenvalue weighted by atomic mass is 10.1. The Hall–Kier alpha value is -1.91. The SMILES string of the molecule is Cc1ccc(C)c2c1sc(=NC(=O)Cc1ccc(Cl)cc1)n2C. The Bertz CT molecular complexity index is 952. The third-order valence-corrected chi connectivity index (χ3v) is 5.35. The first kappa shape index (κ1) is 16.0. The number of aromatic nitrogens is 1. The van der Waals surface area contributed by atoms with Crippen molar-refractivity contribution in [2.24, 2.45) is 12.0 Å². The highest BCUT2D eigenvalue weighted by Crippen LogP contribution is 2.24. The molecule has 0 unspecified atom stereocenters. The summed E-state index contributed by atoms with van der Waals surface area (Å²) < 4.78 is 3.19. The van der Waals surface area contributed by atoms with Crippen molar-refractivity contribution in [1.29, 1.82) is 0 Å². The van der Waals surface area contributed by atoms with Crippen molar-refractivity contribution in [2.45, 2.75) is 20.3 Å². The molecule has 1 heterocycles. The Morgan fingerprint density at radius 1 is 1.13 bits per heavy atom. The highest BCUT2D eigenvalue weighted by molar-refractivity contribution is 7.16. The molecule has 3 aromatic rings. The molecule has 0 N–H and O–H groups in total. The zero-order valence-corrected chi connectivity index (χ0v) is 14.8. The minimum Gasteiger partial charge on any atom is -0.319 e. The minimum absolute atomic E-state index is 0.148. The molecule has 0 radical (unpaired) electrons. The highest BCUT2D eigenvalue weighted by Gasteiger charge is 2.09. The maximum Gasteiger partial charge on any atom is 0.252 e. The summed E-state index contributed by atoms with van der Waals surface area (Å²) in [5, 5.41) is 0.667. The Morgan fingerprint density at radius 3 is 2.43 bits per heavy atom. The van der Waals surface area contributed by atoms with Crippen LogP contribution in [0.2, 0.25) is 5.02 Å². The summed E-state index contributed by atoms with van der Waals surface area (Å²) in [4.78, 5) is 17.3. The number of amides is 1. The van der Waals surface area contributed by atoms with Crippen LogP contribution in [0, 0.1) is 13.8 Å². The van der Waals surface area contributed by atoms with Crippen molar-refractivity contribution in [1.82, 2.24) is 4.57 Å². The standard InChI is InChI=1S/C18H17ClN2OS/c1-11-4-5-12(2)17-16(11)21(3)18(23-17)20-15(22)10-13-6-8-14(19)9-7-13/h4-9H,10H2,1-3H3. The number of carbonyl (C=O) groups excluding carboxylic acids is 1.